The molecule has 1 amide bonds. The van der Waals surface area contributed by atoms with Crippen LogP contribution >= 0.6 is 0 Å². The number of aliphatic carboxylic acids is 1. The Morgan fingerprint density at radius 2 is 2.00 bits per heavy atom. The molecule has 1 aromatic carbocycles. The zero-order chi connectivity index (χ0) is 17.5. The molecular formula is C17H21N3O4. The van der Waals surface area contributed by atoms with Crippen LogP contribution in [0, 0.1) is 0 Å². The monoisotopic (exact) mass is 331 g/mol. The van der Waals surface area contributed by atoms with E-state index in [0.717, 1.165) is 5.56 Å². The standard InChI is InChI=1S/C17H21N3O4/c1-3-19-12-18-10-14(19)15(16(21)22)20(4-2)17(23)24-11-13-8-6-5-7-9-13/h5-10,12,15H,3-4,11H2,1-2H3,(H,21,22). The van der Waals surface area contributed by atoms with Gasteiger partial charge in [0.1, 0.15) is 6.61 Å². The van der Waals surface area contributed by atoms with Crippen molar-refractivity contribution in [3.05, 3.63) is 54.1 Å². The van der Waals surface area contributed by atoms with Gasteiger partial charge in [0, 0.05) is 13.1 Å². The minimum atomic E-state index is -1.14. The number of likely N-dealkylation sites (N-methyl/N-ethyl adjacent to an activating group) is 1. The lowest BCUT2D eigenvalue weighted by Crippen LogP contribution is -2.40. The number of nitrogens with zero attached hydrogens (tertiary/aromatic N) is 3. The fourth-order valence-electron chi connectivity index (χ4n) is 2.46. The zero-order valence-electron chi connectivity index (χ0n) is 13.8. The quantitative estimate of drug-likeness (QED) is 0.843. The second-order valence-corrected chi connectivity index (χ2v) is 5.17. The van der Waals surface area contributed by atoms with Gasteiger partial charge >= 0.3 is 12.1 Å². The van der Waals surface area contributed by atoms with E-state index in [1.165, 1.54) is 11.1 Å². The summed E-state index contributed by atoms with van der Waals surface area (Å²) in [5, 5.41) is 9.61. The molecule has 128 valence electrons. The molecule has 1 atom stereocenters. The van der Waals surface area contributed by atoms with Gasteiger partial charge in [0.05, 0.1) is 18.2 Å². The van der Waals surface area contributed by atoms with E-state index in [1.54, 1.807) is 17.8 Å². The lowest BCUT2D eigenvalue weighted by atomic mass is 10.2. The topological polar surface area (TPSA) is 84.7 Å². The number of aryl methyl sites for hydroxylation is 1. The summed E-state index contributed by atoms with van der Waals surface area (Å²) in [5.41, 5.74) is 1.29. The Hall–Kier alpha value is -2.83. The van der Waals surface area contributed by atoms with Gasteiger partial charge in [0.2, 0.25) is 0 Å². The number of rotatable bonds is 7. The summed E-state index contributed by atoms with van der Waals surface area (Å²) in [4.78, 5) is 29.3. The van der Waals surface area contributed by atoms with E-state index in [9.17, 15) is 14.7 Å². The molecule has 0 fully saturated rings. The highest BCUT2D eigenvalue weighted by atomic mass is 16.6. The highest BCUT2D eigenvalue weighted by Crippen LogP contribution is 2.22. The Kier molecular flexibility index (Phi) is 5.95. The van der Waals surface area contributed by atoms with Crippen LogP contribution in [0.4, 0.5) is 4.79 Å². The summed E-state index contributed by atoms with van der Waals surface area (Å²) in [6, 6.07) is 8.10. The van der Waals surface area contributed by atoms with Gasteiger partial charge in [-0.05, 0) is 19.4 Å². The molecule has 1 N–H and O–H groups in total. The van der Waals surface area contributed by atoms with Gasteiger partial charge in [-0.3, -0.25) is 4.90 Å². The molecule has 0 radical (unpaired) electrons. The van der Waals surface area contributed by atoms with Gasteiger partial charge in [0.15, 0.2) is 6.04 Å². The lowest BCUT2D eigenvalue weighted by molar-refractivity contribution is -0.143. The van der Waals surface area contributed by atoms with E-state index < -0.39 is 18.1 Å². The van der Waals surface area contributed by atoms with Gasteiger partial charge in [-0.2, -0.15) is 0 Å². The smallest absolute Gasteiger partial charge is 0.411 e. The van der Waals surface area contributed by atoms with E-state index in [4.69, 9.17) is 4.74 Å². The van der Waals surface area contributed by atoms with Crippen molar-refractivity contribution in [3.8, 4) is 0 Å². The molecule has 7 heteroatoms. The Morgan fingerprint density at radius 1 is 1.29 bits per heavy atom. The largest absolute Gasteiger partial charge is 0.479 e. The Bertz CT molecular complexity index is 684. The summed E-state index contributed by atoms with van der Waals surface area (Å²) in [7, 11) is 0. The third-order valence-electron chi connectivity index (χ3n) is 3.69. The average molecular weight is 331 g/mol. The third-order valence-corrected chi connectivity index (χ3v) is 3.69. The van der Waals surface area contributed by atoms with Crippen molar-refractivity contribution >= 4 is 12.1 Å². The van der Waals surface area contributed by atoms with Crippen LogP contribution < -0.4 is 0 Å². The minimum absolute atomic E-state index is 0.0928. The maximum absolute atomic E-state index is 12.4. The number of ether oxygens (including phenoxy) is 1. The van der Waals surface area contributed by atoms with Crippen molar-refractivity contribution in [2.24, 2.45) is 0 Å². The van der Waals surface area contributed by atoms with Crippen LogP contribution in [0.5, 0.6) is 0 Å². The number of benzene rings is 1. The molecule has 1 aromatic heterocycles. The molecule has 7 nitrogen and oxygen atoms in total. The number of amides is 1. The minimum Gasteiger partial charge on any atom is -0.479 e. The number of carbonyl (C=O) groups excluding carboxylic acids is 1. The Morgan fingerprint density at radius 3 is 2.58 bits per heavy atom. The maximum Gasteiger partial charge on any atom is 0.411 e. The molecule has 2 rings (SSSR count). The first-order valence-corrected chi connectivity index (χ1v) is 7.78. The lowest BCUT2D eigenvalue weighted by Gasteiger charge is -2.27. The molecule has 0 aliphatic rings. The Labute approximate surface area is 140 Å². The van der Waals surface area contributed by atoms with Crippen molar-refractivity contribution < 1.29 is 19.4 Å². The number of hydrogen-bond donors (Lipinski definition) is 1. The SMILES string of the molecule is CCN(C(=O)OCc1ccccc1)C(C(=O)O)c1cncn1CC. The summed E-state index contributed by atoms with van der Waals surface area (Å²) in [6.45, 7) is 4.46. The molecule has 24 heavy (non-hydrogen) atoms. The third kappa shape index (κ3) is 3.92. The van der Waals surface area contributed by atoms with Gasteiger partial charge in [-0.1, -0.05) is 30.3 Å². The summed E-state index contributed by atoms with van der Waals surface area (Å²) in [5.74, 6) is -1.12. The first-order chi connectivity index (χ1) is 11.6. The van der Waals surface area contributed by atoms with Gasteiger partial charge in [-0.25, -0.2) is 14.6 Å². The number of carboxylic acid groups (broad SMARTS) is 1. The van der Waals surface area contributed by atoms with Crippen LogP contribution in [0.25, 0.3) is 0 Å². The molecule has 0 aliphatic heterocycles. The molecular weight excluding hydrogens is 310 g/mol. The van der Waals surface area contributed by atoms with Crippen LogP contribution in [0.15, 0.2) is 42.9 Å². The number of carboxylic acids is 1. The van der Waals surface area contributed by atoms with Crippen LogP contribution in [-0.2, 0) is 22.7 Å². The predicted octanol–water partition coefficient (Wildman–Crippen LogP) is 2.69. The zero-order valence-corrected chi connectivity index (χ0v) is 13.8. The number of carbonyl (C=O) groups is 2. The van der Waals surface area contributed by atoms with Crippen LogP contribution in [0.2, 0.25) is 0 Å². The van der Waals surface area contributed by atoms with Gasteiger partial charge in [0.25, 0.3) is 0 Å². The summed E-state index contributed by atoms with van der Waals surface area (Å²) >= 11 is 0. The number of hydrogen-bond acceptors (Lipinski definition) is 4. The van der Waals surface area contributed by atoms with E-state index in [-0.39, 0.29) is 13.2 Å². The molecule has 1 unspecified atom stereocenters. The second kappa shape index (κ2) is 8.14. The fourth-order valence-corrected chi connectivity index (χ4v) is 2.46. The fraction of sp³-hybridized carbons (Fsp3) is 0.353. The first-order valence-electron chi connectivity index (χ1n) is 7.78. The summed E-state index contributed by atoms with van der Waals surface area (Å²) in [6.07, 6.45) is 2.35. The number of aromatic nitrogens is 2. The van der Waals surface area contributed by atoms with Crippen molar-refractivity contribution in [2.75, 3.05) is 6.54 Å². The highest BCUT2D eigenvalue weighted by Gasteiger charge is 2.33. The van der Waals surface area contributed by atoms with E-state index in [2.05, 4.69) is 4.98 Å². The van der Waals surface area contributed by atoms with E-state index in [1.807, 2.05) is 37.3 Å². The van der Waals surface area contributed by atoms with Gasteiger partial charge < -0.3 is 14.4 Å². The van der Waals surface area contributed by atoms with Crippen LogP contribution in [-0.4, -0.2) is 38.2 Å². The molecule has 2 aromatic rings. The molecule has 0 saturated heterocycles. The molecule has 1 heterocycles. The average Bonchev–Trinajstić information content (AvgIpc) is 3.06. The van der Waals surface area contributed by atoms with Crippen LogP contribution in [0.3, 0.4) is 0 Å². The molecule has 0 spiro atoms. The summed E-state index contributed by atoms with van der Waals surface area (Å²) < 4.78 is 6.98. The molecule has 0 saturated carbocycles. The van der Waals surface area contributed by atoms with Crippen molar-refractivity contribution in [1.82, 2.24) is 14.5 Å². The molecule has 0 bridgehead atoms. The maximum atomic E-state index is 12.4. The molecule has 0 aliphatic carbocycles. The normalized spacial score (nSPS) is 11.8. The Balaban J connectivity index is 2.17. The first kappa shape index (κ1) is 17.5. The van der Waals surface area contributed by atoms with Crippen molar-refractivity contribution in [2.45, 2.75) is 33.0 Å². The van der Waals surface area contributed by atoms with Crippen molar-refractivity contribution in [3.63, 3.8) is 0 Å². The predicted molar refractivity (Wildman–Crippen MR) is 87.3 cm³/mol. The van der Waals surface area contributed by atoms with Crippen molar-refractivity contribution in [1.29, 1.82) is 0 Å². The number of imidazole rings is 1. The van der Waals surface area contributed by atoms with Gasteiger partial charge in [-0.15, -0.1) is 0 Å². The van der Waals surface area contributed by atoms with E-state index in [0.29, 0.717) is 12.2 Å². The highest BCUT2D eigenvalue weighted by molar-refractivity contribution is 5.81. The van der Waals surface area contributed by atoms with E-state index >= 15 is 0 Å². The second-order valence-electron chi connectivity index (χ2n) is 5.17. The van der Waals surface area contributed by atoms with Crippen LogP contribution in [0.1, 0.15) is 31.1 Å².